The Labute approximate surface area is 395 Å². The van der Waals surface area contributed by atoms with E-state index in [2.05, 4.69) is 64.2 Å². The van der Waals surface area contributed by atoms with Crippen LogP contribution in [0.5, 0.6) is 0 Å². The summed E-state index contributed by atoms with van der Waals surface area (Å²) < 4.78 is 156. The first kappa shape index (κ1) is 47.4. The molecule has 0 nitrogen and oxygen atoms in total. The van der Waals surface area contributed by atoms with E-state index in [1.165, 1.54) is 40.5 Å². The Morgan fingerprint density at radius 2 is 1.09 bits per heavy atom. The summed E-state index contributed by atoms with van der Waals surface area (Å²) in [5.41, 5.74) is 2.69. The summed E-state index contributed by atoms with van der Waals surface area (Å²) in [6.45, 7) is 16.2. The molecule has 0 fully saturated rings. The summed E-state index contributed by atoms with van der Waals surface area (Å²) in [6.07, 6.45) is 4.28. The number of halogens is 10. The van der Waals surface area contributed by atoms with Crippen molar-refractivity contribution in [2.75, 3.05) is 0 Å². The standard InChI is InChI=1S/C33H16BF10Si.C14H11.C8H13.Zr/c1-13-19(22-26(37)30(41)33(44)31(42)27(22)38)20-16-11-7-6-10-15(16)17(21-24(35)28(39)32(43)29(40)25(21)36)12-18(20)23(13)34-45(2)14-8-4-3-5-9-14;1-10-8-12-7-6-11-4-2-3-5-13(11)14(12)9-10;1-5-7(3)8(4)6-2;/h3-12H,1-2H3;2-9H,1H3;5H,1-4H3;. The van der Waals surface area contributed by atoms with Crippen molar-refractivity contribution in [1.82, 2.24) is 0 Å². The van der Waals surface area contributed by atoms with Gasteiger partial charge in [-0.2, -0.15) is 0 Å². The van der Waals surface area contributed by atoms with Gasteiger partial charge in [0.15, 0.2) is 0 Å². The summed E-state index contributed by atoms with van der Waals surface area (Å²) >= 11 is -3.54. The zero-order valence-electron chi connectivity index (χ0n) is 37.8. The average molecular weight is 1020 g/mol. The minimum absolute atomic E-state index is 0.0126. The van der Waals surface area contributed by atoms with Crippen LogP contribution in [-0.4, -0.2) is 17.0 Å². The Kier molecular flexibility index (Phi) is 12.3. The molecule has 2 atom stereocenters. The fraction of sp³-hybridized carbons (Fsp3) is 0.145. The molecule has 0 N–H and O–H groups in total. The van der Waals surface area contributed by atoms with Gasteiger partial charge in [0.05, 0.1) is 0 Å². The third kappa shape index (κ3) is 7.16. The third-order valence-corrected chi connectivity index (χ3v) is 39.2. The van der Waals surface area contributed by atoms with E-state index in [4.69, 9.17) is 0 Å². The van der Waals surface area contributed by atoms with Crippen molar-refractivity contribution >= 4 is 55.4 Å². The van der Waals surface area contributed by atoms with Crippen LogP contribution in [0.15, 0.2) is 129 Å². The molecule has 0 aliphatic heterocycles. The van der Waals surface area contributed by atoms with Crippen LogP contribution in [0.2, 0.25) is 6.55 Å². The monoisotopic (exact) mass is 1020 g/mol. The molecular formula is C55H40BF10SiZr. The van der Waals surface area contributed by atoms with Crippen LogP contribution < -0.4 is 5.19 Å². The topological polar surface area (TPSA) is 0 Å². The summed E-state index contributed by atoms with van der Waals surface area (Å²) in [7, 11) is 0. The molecule has 68 heavy (non-hydrogen) atoms. The molecule has 2 aliphatic carbocycles. The van der Waals surface area contributed by atoms with Gasteiger partial charge >= 0.3 is 398 Å². The SMILES string of the molecule is CC=C(C)C(C)=[C](C)[Zr]([CH]1C(C)=Cc2c1ccc1ccccc21)[Si](C)(/B=C1\C(C)=C(c2c(F)c(F)c(F)c(F)c2F)c2c1cc(-c1c(F)c(F)c(F)c(F)c1F)c1ccccc21)c1ccccc1. The zero-order valence-corrected chi connectivity index (χ0v) is 41.3. The predicted octanol–water partition coefficient (Wildman–Crippen LogP) is 15.1. The number of hydrogen-bond donors (Lipinski definition) is 0. The molecule has 0 heterocycles. The molecular weight excluding hydrogens is 981 g/mol. The molecule has 2 unspecified atom stereocenters. The number of allylic oxidation sites excluding steroid dienone is 6. The van der Waals surface area contributed by atoms with Crippen molar-refractivity contribution in [3.05, 3.63) is 215 Å². The van der Waals surface area contributed by atoms with Crippen molar-refractivity contribution in [1.29, 1.82) is 0 Å². The minimum atomic E-state index is -3.54. The van der Waals surface area contributed by atoms with E-state index < -0.39 is 101 Å². The van der Waals surface area contributed by atoms with Crippen LogP contribution in [0.25, 0.3) is 44.3 Å². The molecule has 7 aromatic rings. The summed E-state index contributed by atoms with van der Waals surface area (Å²) in [5.74, 6) is -21.8. The fourth-order valence-corrected chi connectivity index (χ4v) is 38.8. The van der Waals surface area contributed by atoms with E-state index in [1.807, 2.05) is 62.4 Å². The van der Waals surface area contributed by atoms with Crippen molar-refractivity contribution in [2.24, 2.45) is 0 Å². The van der Waals surface area contributed by atoms with Gasteiger partial charge in [-0.15, -0.1) is 0 Å². The van der Waals surface area contributed by atoms with Gasteiger partial charge < -0.3 is 0 Å². The van der Waals surface area contributed by atoms with Crippen LogP contribution in [0.4, 0.5) is 43.9 Å². The Morgan fingerprint density at radius 1 is 0.574 bits per heavy atom. The molecule has 0 aromatic heterocycles. The van der Waals surface area contributed by atoms with Gasteiger partial charge in [-0.25, -0.2) is 0 Å². The molecule has 0 spiro atoms. The Morgan fingerprint density at radius 3 is 1.68 bits per heavy atom. The van der Waals surface area contributed by atoms with Crippen molar-refractivity contribution in [3.8, 4) is 11.1 Å². The van der Waals surface area contributed by atoms with E-state index in [0.29, 0.717) is 0 Å². The summed E-state index contributed by atoms with van der Waals surface area (Å²) in [4.78, 5) is 0. The average Bonchev–Trinajstić information content (AvgIpc) is 3.82. The zero-order chi connectivity index (χ0) is 48.8. The van der Waals surface area contributed by atoms with Crippen LogP contribution in [-0.2, 0) is 20.9 Å². The van der Waals surface area contributed by atoms with Crippen molar-refractivity contribution < 1.29 is 64.8 Å². The van der Waals surface area contributed by atoms with Gasteiger partial charge in [-0.1, -0.05) is 0 Å². The molecule has 0 saturated carbocycles. The summed E-state index contributed by atoms with van der Waals surface area (Å²) in [5, 5.41) is -0.249. The molecule has 341 valence electrons. The number of benzene rings is 7. The molecule has 0 bridgehead atoms. The van der Waals surface area contributed by atoms with E-state index in [9.17, 15) is 8.78 Å². The predicted molar refractivity (Wildman–Crippen MR) is 253 cm³/mol. The van der Waals surface area contributed by atoms with Crippen LogP contribution >= 0.6 is 0 Å². The van der Waals surface area contributed by atoms with Gasteiger partial charge in [0.25, 0.3) is 0 Å². The molecule has 0 saturated heterocycles. The first-order chi connectivity index (χ1) is 32.3. The fourth-order valence-electron chi connectivity index (χ4n) is 10.4. The Bertz CT molecular complexity index is 3440. The van der Waals surface area contributed by atoms with E-state index in [-0.39, 0.29) is 42.1 Å². The summed E-state index contributed by atoms with van der Waals surface area (Å²) in [6, 6.07) is 29.1. The quantitative estimate of drug-likeness (QED) is 0.0468. The Hall–Kier alpha value is -5.65. The maximum absolute atomic E-state index is 16.4. The van der Waals surface area contributed by atoms with E-state index in [0.717, 1.165) is 43.8 Å². The second kappa shape index (κ2) is 17.7. The molecule has 0 radical (unpaired) electrons. The molecule has 7 aromatic carbocycles. The van der Waals surface area contributed by atoms with E-state index in [1.54, 1.807) is 0 Å². The second-order valence-corrected chi connectivity index (χ2v) is 37.1. The normalized spacial score (nSPS) is 16.5. The first-order valence-electron chi connectivity index (χ1n) is 21.8. The van der Waals surface area contributed by atoms with Gasteiger partial charge in [0, 0.05) is 0 Å². The van der Waals surface area contributed by atoms with E-state index >= 15 is 35.1 Å². The van der Waals surface area contributed by atoms with Crippen LogP contribution in [0.1, 0.15) is 73.0 Å². The van der Waals surface area contributed by atoms with Gasteiger partial charge in [0.2, 0.25) is 0 Å². The first-order valence-corrected chi connectivity index (χ1v) is 30.7. The van der Waals surface area contributed by atoms with Crippen molar-refractivity contribution in [3.63, 3.8) is 0 Å². The van der Waals surface area contributed by atoms with Crippen molar-refractivity contribution in [2.45, 2.75) is 51.7 Å². The molecule has 9 rings (SSSR count). The second-order valence-electron chi connectivity index (χ2n) is 17.7. The molecule has 13 heteroatoms. The van der Waals surface area contributed by atoms with Crippen LogP contribution in [0.3, 0.4) is 0 Å². The van der Waals surface area contributed by atoms with Gasteiger partial charge in [-0.3, -0.25) is 0 Å². The third-order valence-electron chi connectivity index (χ3n) is 14.1. The molecule has 2 aliphatic rings. The van der Waals surface area contributed by atoms with Crippen LogP contribution in [0, 0.1) is 58.2 Å². The van der Waals surface area contributed by atoms with Gasteiger partial charge in [-0.05, 0) is 0 Å². The number of rotatable bonds is 8. The van der Waals surface area contributed by atoms with Gasteiger partial charge in [0.1, 0.15) is 0 Å². The maximum atomic E-state index is 16.4. The Balaban J connectivity index is 1.46. The number of fused-ring (bicyclic) bond motifs is 6. The molecule has 0 amide bonds. The number of hydrogen-bond acceptors (Lipinski definition) is 0.